The van der Waals surface area contributed by atoms with Gasteiger partial charge in [0.15, 0.2) is 0 Å². The highest BCUT2D eigenvalue weighted by molar-refractivity contribution is 8.01. The van der Waals surface area contributed by atoms with Gasteiger partial charge in [-0.2, -0.15) is 16.9 Å². The van der Waals surface area contributed by atoms with Gasteiger partial charge >= 0.3 is 6.03 Å². The van der Waals surface area contributed by atoms with Gasteiger partial charge in [0.25, 0.3) is 0 Å². The molecular formula is C9H15N5OS2. The first-order valence-electron chi connectivity index (χ1n) is 4.97. The van der Waals surface area contributed by atoms with Crippen LogP contribution in [-0.2, 0) is 5.75 Å². The molecule has 1 aromatic rings. The van der Waals surface area contributed by atoms with Gasteiger partial charge in [-0.25, -0.2) is 4.79 Å². The standard InChI is InChI=1S/C9H15N5OS2/c1-11-9(15)14-17-5-4-16-6-7-2-3-8(10)13-12-7/h2-3H,4-6H2,1H3,(H2,10,13)(H2,11,14,15). The fourth-order valence-electron chi connectivity index (χ4n) is 0.892. The van der Waals surface area contributed by atoms with Crippen molar-refractivity contribution in [2.45, 2.75) is 5.75 Å². The fourth-order valence-corrected chi connectivity index (χ4v) is 2.54. The molecular weight excluding hydrogens is 258 g/mol. The normalized spacial score (nSPS) is 9.94. The largest absolute Gasteiger partial charge is 0.382 e. The van der Waals surface area contributed by atoms with E-state index in [0.29, 0.717) is 5.82 Å². The van der Waals surface area contributed by atoms with Gasteiger partial charge in [0, 0.05) is 24.3 Å². The predicted molar refractivity (Wildman–Crippen MR) is 72.7 cm³/mol. The number of urea groups is 1. The highest BCUT2D eigenvalue weighted by Gasteiger charge is 1.98. The Labute approximate surface area is 109 Å². The van der Waals surface area contributed by atoms with Crippen molar-refractivity contribution in [2.24, 2.45) is 0 Å². The fraction of sp³-hybridized carbons (Fsp3) is 0.444. The first-order valence-corrected chi connectivity index (χ1v) is 7.11. The van der Waals surface area contributed by atoms with Gasteiger partial charge in [0.2, 0.25) is 0 Å². The lowest BCUT2D eigenvalue weighted by Crippen LogP contribution is -2.27. The molecule has 1 rings (SSSR count). The van der Waals surface area contributed by atoms with Gasteiger partial charge in [-0.3, -0.25) is 4.72 Å². The van der Waals surface area contributed by atoms with Crippen LogP contribution in [-0.4, -0.2) is 34.8 Å². The molecule has 8 heteroatoms. The molecule has 0 atom stereocenters. The minimum Gasteiger partial charge on any atom is -0.382 e. The Morgan fingerprint density at radius 1 is 1.41 bits per heavy atom. The number of nitrogens with two attached hydrogens (primary N) is 1. The van der Waals surface area contributed by atoms with Gasteiger partial charge in [-0.05, 0) is 24.1 Å². The molecule has 1 heterocycles. The number of amides is 2. The van der Waals surface area contributed by atoms with E-state index in [1.165, 1.54) is 11.9 Å². The van der Waals surface area contributed by atoms with E-state index in [4.69, 9.17) is 5.73 Å². The highest BCUT2D eigenvalue weighted by Crippen LogP contribution is 2.11. The molecule has 6 nitrogen and oxygen atoms in total. The van der Waals surface area contributed by atoms with E-state index in [2.05, 4.69) is 20.2 Å². The SMILES string of the molecule is CNC(=O)NSCCSCc1ccc(N)nn1. The monoisotopic (exact) mass is 273 g/mol. The topological polar surface area (TPSA) is 92.9 Å². The van der Waals surface area contributed by atoms with Crippen molar-refractivity contribution < 1.29 is 4.79 Å². The summed E-state index contributed by atoms with van der Waals surface area (Å²) in [5, 5.41) is 10.2. The Morgan fingerprint density at radius 3 is 2.88 bits per heavy atom. The molecule has 17 heavy (non-hydrogen) atoms. The molecule has 94 valence electrons. The summed E-state index contributed by atoms with van der Waals surface area (Å²) in [6, 6.07) is 3.43. The van der Waals surface area contributed by atoms with Crippen LogP contribution < -0.4 is 15.8 Å². The lowest BCUT2D eigenvalue weighted by Gasteiger charge is -2.03. The van der Waals surface area contributed by atoms with Gasteiger partial charge in [0.05, 0.1) is 5.69 Å². The van der Waals surface area contributed by atoms with Crippen LogP contribution in [0.1, 0.15) is 5.69 Å². The average molecular weight is 273 g/mol. The minimum absolute atomic E-state index is 0.176. The Morgan fingerprint density at radius 2 is 2.24 bits per heavy atom. The van der Waals surface area contributed by atoms with E-state index in [1.54, 1.807) is 24.9 Å². The number of aromatic nitrogens is 2. The van der Waals surface area contributed by atoms with E-state index in [-0.39, 0.29) is 6.03 Å². The number of nitrogens with zero attached hydrogens (tertiary/aromatic N) is 2. The maximum Gasteiger partial charge on any atom is 0.324 e. The zero-order valence-corrected chi connectivity index (χ0v) is 11.1. The van der Waals surface area contributed by atoms with Crippen molar-refractivity contribution in [2.75, 3.05) is 24.3 Å². The molecule has 2 amide bonds. The number of anilines is 1. The van der Waals surface area contributed by atoms with E-state index in [9.17, 15) is 4.79 Å². The maximum atomic E-state index is 10.8. The predicted octanol–water partition coefficient (Wildman–Crippen LogP) is 0.869. The van der Waals surface area contributed by atoms with Crippen molar-refractivity contribution >= 4 is 35.6 Å². The zero-order valence-electron chi connectivity index (χ0n) is 9.47. The summed E-state index contributed by atoms with van der Waals surface area (Å²) in [5.41, 5.74) is 6.34. The molecule has 1 aromatic heterocycles. The summed E-state index contributed by atoms with van der Waals surface area (Å²) in [6.07, 6.45) is 0. The summed E-state index contributed by atoms with van der Waals surface area (Å²) in [7, 11) is 1.59. The summed E-state index contributed by atoms with van der Waals surface area (Å²) in [5.74, 6) is 3.01. The molecule has 0 fully saturated rings. The first kappa shape index (κ1) is 13.9. The molecule has 0 aliphatic heterocycles. The van der Waals surface area contributed by atoms with Gasteiger partial charge < -0.3 is 11.1 Å². The third-order valence-electron chi connectivity index (χ3n) is 1.71. The van der Waals surface area contributed by atoms with Crippen molar-refractivity contribution in [3.63, 3.8) is 0 Å². The van der Waals surface area contributed by atoms with Crippen LogP contribution in [0.25, 0.3) is 0 Å². The van der Waals surface area contributed by atoms with Crippen LogP contribution in [0.5, 0.6) is 0 Å². The lowest BCUT2D eigenvalue weighted by atomic mass is 10.4. The molecule has 0 spiro atoms. The third-order valence-corrected chi connectivity index (χ3v) is 3.70. The molecule has 0 radical (unpaired) electrons. The van der Waals surface area contributed by atoms with Gasteiger partial charge in [0.1, 0.15) is 5.82 Å². The number of hydrogen-bond donors (Lipinski definition) is 3. The summed E-state index contributed by atoms with van der Waals surface area (Å²) in [4.78, 5) is 10.8. The van der Waals surface area contributed by atoms with Gasteiger partial charge in [-0.15, -0.1) is 5.10 Å². The Hall–Kier alpha value is -1.15. The highest BCUT2D eigenvalue weighted by atomic mass is 32.2. The Bertz CT molecular complexity index is 346. The van der Waals surface area contributed by atoms with Crippen LogP contribution >= 0.6 is 23.7 Å². The van der Waals surface area contributed by atoms with Crippen molar-refractivity contribution in [1.82, 2.24) is 20.2 Å². The van der Waals surface area contributed by atoms with Gasteiger partial charge in [-0.1, -0.05) is 0 Å². The van der Waals surface area contributed by atoms with Crippen LogP contribution in [0.4, 0.5) is 10.6 Å². The van der Waals surface area contributed by atoms with E-state index < -0.39 is 0 Å². The molecule has 0 bridgehead atoms. The third kappa shape index (κ3) is 6.22. The van der Waals surface area contributed by atoms with E-state index in [1.807, 2.05) is 6.07 Å². The second-order valence-electron chi connectivity index (χ2n) is 3.03. The second kappa shape index (κ2) is 8.02. The van der Waals surface area contributed by atoms with Crippen molar-refractivity contribution in [3.05, 3.63) is 17.8 Å². The second-order valence-corrected chi connectivity index (χ2v) is 5.04. The van der Waals surface area contributed by atoms with E-state index >= 15 is 0 Å². The van der Waals surface area contributed by atoms with Crippen LogP contribution in [0.3, 0.4) is 0 Å². The molecule has 0 saturated heterocycles. The summed E-state index contributed by atoms with van der Waals surface area (Å²) >= 11 is 3.12. The van der Waals surface area contributed by atoms with Crippen LogP contribution in [0.2, 0.25) is 0 Å². The van der Waals surface area contributed by atoms with Crippen molar-refractivity contribution in [3.8, 4) is 0 Å². The molecule has 0 aliphatic carbocycles. The Balaban J connectivity index is 2.04. The molecule has 0 aromatic carbocycles. The summed E-state index contributed by atoms with van der Waals surface area (Å²) in [6.45, 7) is 0. The zero-order chi connectivity index (χ0) is 12.5. The molecule has 0 unspecified atom stereocenters. The number of carbonyl (C=O) groups is 1. The summed E-state index contributed by atoms with van der Waals surface area (Å²) < 4.78 is 2.65. The number of thioether (sulfide) groups is 1. The molecule has 4 N–H and O–H groups in total. The molecule has 0 saturated carbocycles. The smallest absolute Gasteiger partial charge is 0.324 e. The Kier molecular flexibility index (Phi) is 6.56. The number of rotatable bonds is 6. The number of carbonyl (C=O) groups excluding carboxylic acids is 1. The number of hydrogen-bond acceptors (Lipinski definition) is 6. The van der Waals surface area contributed by atoms with Crippen molar-refractivity contribution in [1.29, 1.82) is 0 Å². The number of nitrogen functional groups attached to an aromatic ring is 1. The lowest BCUT2D eigenvalue weighted by molar-refractivity contribution is 0.248. The average Bonchev–Trinajstić information content (AvgIpc) is 2.35. The van der Waals surface area contributed by atoms with Crippen LogP contribution in [0.15, 0.2) is 12.1 Å². The minimum atomic E-state index is -0.176. The quantitative estimate of drug-likeness (QED) is 0.526. The van der Waals surface area contributed by atoms with E-state index in [0.717, 1.165) is 23.0 Å². The van der Waals surface area contributed by atoms with Crippen LogP contribution in [0, 0.1) is 0 Å². The first-order chi connectivity index (χ1) is 8.22. The maximum absolute atomic E-state index is 10.8. The number of nitrogens with one attached hydrogen (secondary N) is 2. The molecule has 0 aliphatic rings.